The first kappa shape index (κ1) is 28.8. The summed E-state index contributed by atoms with van der Waals surface area (Å²) in [6.45, 7) is 2.09. The van der Waals surface area contributed by atoms with Crippen LogP contribution in [0, 0.1) is 5.92 Å². The third-order valence-corrected chi connectivity index (χ3v) is 5.27. The minimum atomic E-state index is -3.19. The van der Waals surface area contributed by atoms with Crippen molar-refractivity contribution in [3.63, 3.8) is 0 Å². The fourth-order valence-electron chi connectivity index (χ4n) is 3.92. The van der Waals surface area contributed by atoms with E-state index < -0.39 is 24.7 Å². The molecule has 0 heterocycles. The van der Waals surface area contributed by atoms with Crippen molar-refractivity contribution in [1.82, 2.24) is 5.01 Å². The lowest BCUT2D eigenvalue weighted by Crippen LogP contribution is -2.28. The molecule has 0 aliphatic heterocycles. The topological polar surface area (TPSA) is 73.7 Å². The summed E-state index contributed by atoms with van der Waals surface area (Å²) in [4.78, 5) is 0. The highest BCUT2D eigenvalue weighted by molar-refractivity contribution is 5.87. The molecule has 0 bridgehead atoms. The summed E-state index contributed by atoms with van der Waals surface area (Å²) in [5, 5.41) is 2.54. The number of hydrogen-bond donors (Lipinski definition) is 2. The van der Waals surface area contributed by atoms with Crippen molar-refractivity contribution in [1.29, 1.82) is 0 Å². The van der Waals surface area contributed by atoms with Gasteiger partial charge in [0.1, 0.15) is 0 Å². The zero-order chi connectivity index (χ0) is 26.8. The van der Waals surface area contributed by atoms with E-state index in [9.17, 15) is 17.6 Å². The van der Waals surface area contributed by atoms with Crippen LogP contribution in [-0.2, 0) is 6.54 Å². The maximum Gasteiger partial charge on any atom is 0.387 e. The molecule has 0 fully saturated rings. The van der Waals surface area contributed by atoms with Crippen LogP contribution in [0.2, 0.25) is 0 Å². The van der Waals surface area contributed by atoms with Crippen molar-refractivity contribution in [2.24, 2.45) is 17.5 Å². The van der Waals surface area contributed by atoms with E-state index in [4.69, 9.17) is 11.6 Å². The molecule has 0 aliphatic rings. The number of hydrazine groups is 1. The Labute approximate surface area is 209 Å². The summed E-state index contributed by atoms with van der Waals surface area (Å²) >= 11 is 0. The van der Waals surface area contributed by atoms with Crippen LogP contribution in [0.25, 0.3) is 10.8 Å². The van der Waals surface area contributed by atoms with Crippen LogP contribution in [0.1, 0.15) is 44.7 Å². The summed E-state index contributed by atoms with van der Waals surface area (Å²) in [5.74, 6) is 5.06. The molecule has 0 saturated heterocycles. The standard InChI is InChI=1S/C25H27F4N3O2.C2H6/c1-15(2)23(20(30)14-32(31)13-16-6-4-3-5-7-16)18-9-8-17-11-21(33-24(26)27)22(34-25(28)29)12-19(17)10-18;1-2/h3-12,14-15,23-25H,13,30-31H2,1-2H3;1-2H3/b20-14-;. The van der Waals surface area contributed by atoms with Crippen molar-refractivity contribution in [3.05, 3.63) is 83.7 Å². The molecule has 0 aromatic heterocycles. The van der Waals surface area contributed by atoms with Gasteiger partial charge in [0, 0.05) is 17.8 Å². The van der Waals surface area contributed by atoms with E-state index >= 15 is 0 Å². The highest BCUT2D eigenvalue weighted by Gasteiger charge is 2.21. The van der Waals surface area contributed by atoms with Crippen LogP contribution < -0.4 is 21.1 Å². The van der Waals surface area contributed by atoms with Crippen LogP contribution in [-0.4, -0.2) is 18.2 Å². The molecule has 0 spiro atoms. The monoisotopic (exact) mass is 507 g/mol. The van der Waals surface area contributed by atoms with Gasteiger partial charge in [-0.2, -0.15) is 17.6 Å². The van der Waals surface area contributed by atoms with E-state index in [1.165, 1.54) is 17.1 Å². The molecule has 9 heteroatoms. The van der Waals surface area contributed by atoms with Gasteiger partial charge in [-0.15, -0.1) is 0 Å². The molecule has 0 radical (unpaired) electrons. The third kappa shape index (κ3) is 8.05. The van der Waals surface area contributed by atoms with E-state index in [1.54, 1.807) is 18.3 Å². The Hall–Kier alpha value is -3.46. The largest absolute Gasteiger partial charge is 0.431 e. The molecule has 36 heavy (non-hydrogen) atoms. The van der Waals surface area contributed by atoms with Gasteiger partial charge in [-0.3, -0.25) is 0 Å². The van der Waals surface area contributed by atoms with Gasteiger partial charge in [0.2, 0.25) is 0 Å². The number of ether oxygens (including phenoxy) is 2. The highest BCUT2D eigenvalue weighted by Crippen LogP contribution is 2.37. The maximum absolute atomic E-state index is 12.8. The highest BCUT2D eigenvalue weighted by atomic mass is 19.3. The zero-order valence-corrected chi connectivity index (χ0v) is 20.8. The van der Waals surface area contributed by atoms with E-state index in [1.807, 2.05) is 64.1 Å². The first-order valence-corrected chi connectivity index (χ1v) is 11.6. The summed E-state index contributed by atoms with van der Waals surface area (Å²) < 4.78 is 59.9. The second-order valence-electron chi connectivity index (χ2n) is 8.17. The number of allylic oxidation sites excluding steroid dienone is 1. The van der Waals surface area contributed by atoms with Crippen LogP contribution >= 0.6 is 0 Å². The minimum Gasteiger partial charge on any atom is -0.431 e. The smallest absolute Gasteiger partial charge is 0.387 e. The molecular formula is C27H33F4N3O2. The Kier molecular flexibility index (Phi) is 10.9. The average molecular weight is 508 g/mol. The van der Waals surface area contributed by atoms with Gasteiger partial charge in [-0.25, -0.2) is 5.84 Å². The minimum absolute atomic E-state index is 0.0806. The molecule has 4 N–H and O–H groups in total. The fourth-order valence-corrected chi connectivity index (χ4v) is 3.92. The van der Waals surface area contributed by atoms with Gasteiger partial charge in [0.05, 0.1) is 6.54 Å². The van der Waals surface area contributed by atoms with Gasteiger partial charge in [0.25, 0.3) is 0 Å². The lowest BCUT2D eigenvalue weighted by atomic mass is 9.85. The Morgan fingerprint density at radius 2 is 1.42 bits per heavy atom. The predicted octanol–water partition coefficient (Wildman–Crippen LogP) is 6.98. The third-order valence-electron chi connectivity index (χ3n) is 5.27. The van der Waals surface area contributed by atoms with E-state index in [-0.39, 0.29) is 11.8 Å². The number of nitrogens with zero attached hydrogens (tertiary/aromatic N) is 1. The van der Waals surface area contributed by atoms with Gasteiger partial charge in [-0.05, 0) is 39.9 Å². The molecule has 0 saturated carbocycles. The number of halogens is 4. The first-order chi connectivity index (χ1) is 17.1. The van der Waals surface area contributed by atoms with E-state index in [2.05, 4.69) is 9.47 Å². The molecule has 0 amide bonds. The molecule has 3 aromatic carbocycles. The lowest BCUT2D eigenvalue weighted by Gasteiger charge is -2.25. The number of hydrogen-bond acceptors (Lipinski definition) is 5. The second kappa shape index (κ2) is 13.6. The number of rotatable bonds is 10. The first-order valence-electron chi connectivity index (χ1n) is 11.6. The number of nitrogens with two attached hydrogens (primary N) is 2. The molecule has 1 atom stereocenters. The van der Waals surface area contributed by atoms with Crippen LogP contribution in [0.15, 0.2) is 72.6 Å². The quantitative estimate of drug-likeness (QED) is 0.176. The number of benzene rings is 3. The van der Waals surface area contributed by atoms with E-state index in [0.717, 1.165) is 11.1 Å². The number of fused-ring (bicyclic) bond motifs is 1. The SMILES string of the molecule is CC.CC(C)C(/C(N)=C/N(N)Cc1ccccc1)c1ccc2cc(OC(F)F)c(OC(F)F)cc2c1. The molecule has 5 nitrogen and oxygen atoms in total. The summed E-state index contributed by atoms with van der Waals surface area (Å²) in [5.41, 5.74) is 8.80. The Bertz CT molecular complexity index is 1120. The fraction of sp³-hybridized carbons (Fsp3) is 0.333. The maximum atomic E-state index is 12.8. The predicted molar refractivity (Wildman–Crippen MR) is 135 cm³/mol. The summed E-state index contributed by atoms with van der Waals surface area (Å²) in [7, 11) is 0. The molecular weight excluding hydrogens is 474 g/mol. The Balaban J connectivity index is 0.00000222. The molecule has 196 valence electrons. The lowest BCUT2D eigenvalue weighted by molar-refractivity contribution is -0.0690. The Morgan fingerprint density at radius 1 is 0.861 bits per heavy atom. The van der Waals surface area contributed by atoms with Gasteiger partial charge in [0.15, 0.2) is 11.5 Å². The molecule has 0 aliphatic carbocycles. The summed E-state index contributed by atoms with van der Waals surface area (Å²) in [6, 6.07) is 17.5. The average Bonchev–Trinajstić information content (AvgIpc) is 2.80. The second-order valence-corrected chi connectivity index (χ2v) is 8.17. The van der Waals surface area contributed by atoms with Crippen molar-refractivity contribution >= 4 is 10.8 Å². The number of alkyl halides is 4. The molecule has 1 unspecified atom stereocenters. The van der Waals surface area contributed by atoms with Gasteiger partial charge >= 0.3 is 13.2 Å². The van der Waals surface area contributed by atoms with Gasteiger partial charge in [-0.1, -0.05) is 76.2 Å². The normalized spacial score (nSPS) is 12.5. The van der Waals surface area contributed by atoms with Crippen molar-refractivity contribution < 1.29 is 27.0 Å². The van der Waals surface area contributed by atoms with Crippen molar-refractivity contribution in [3.8, 4) is 11.5 Å². The van der Waals surface area contributed by atoms with Crippen molar-refractivity contribution in [2.75, 3.05) is 0 Å². The van der Waals surface area contributed by atoms with Gasteiger partial charge < -0.3 is 20.2 Å². The zero-order valence-electron chi connectivity index (χ0n) is 20.8. The Morgan fingerprint density at radius 3 is 1.94 bits per heavy atom. The van der Waals surface area contributed by atoms with Crippen LogP contribution in [0.3, 0.4) is 0 Å². The summed E-state index contributed by atoms with van der Waals surface area (Å²) in [6.07, 6.45) is 1.67. The van der Waals surface area contributed by atoms with Crippen molar-refractivity contribution in [2.45, 2.75) is 53.4 Å². The van der Waals surface area contributed by atoms with Crippen LogP contribution in [0.4, 0.5) is 17.6 Å². The molecule has 3 rings (SSSR count). The van der Waals surface area contributed by atoms with E-state index in [0.29, 0.717) is 23.0 Å². The molecule has 3 aromatic rings. The van der Waals surface area contributed by atoms with Crippen LogP contribution in [0.5, 0.6) is 11.5 Å².